The van der Waals surface area contributed by atoms with Crippen molar-refractivity contribution in [2.75, 3.05) is 13.2 Å². The van der Waals surface area contributed by atoms with Gasteiger partial charge in [0.25, 0.3) is 0 Å². The molecule has 0 saturated carbocycles. The van der Waals surface area contributed by atoms with Gasteiger partial charge >= 0.3 is 0 Å². The van der Waals surface area contributed by atoms with Gasteiger partial charge in [0.2, 0.25) is 0 Å². The third-order valence-electron chi connectivity index (χ3n) is 4.16. The maximum Gasteiger partial charge on any atom is 0.156 e. The van der Waals surface area contributed by atoms with Crippen molar-refractivity contribution in [1.29, 1.82) is 0 Å². The zero-order chi connectivity index (χ0) is 15.5. The fraction of sp³-hybridized carbons (Fsp3) is 0.333. The lowest BCUT2D eigenvalue weighted by Crippen LogP contribution is -2.25. The van der Waals surface area contributed by atoms with Crippen LogP contribution in [0.3, 0.4) is 0 Å². The number of ether oxygens (including phenoxy) is 2. The van der Waals surface area contributed by atoms with Crippen molar-refractivity contribution in [3.8, 4) is 16.9 Å². The van der Waals surface area contributed by atoms with E-state index < -0.39 is 0 Å². The minimum atomic E-state index is 0.233. The summed E-state index contributed by atoms with van der Waals surface area (Å²) in [6.07, 6.45) is 11.1. The van der Waals surface area contributed by atoms with Crippen LogP contribution >= 0.6 is 0 Å². The molecule has 0 N–H and O–H groups in total. The van der Waals surface area contributed by atoms with Crippen LogP contribution in [-0.4, -0.2) is 33.7 Å². The average molecular weight is 309 g/mol. The van der Waals surface area contributed by atoms with E-state index >= 15 is 0 Å². The Balaban J connectivity index is 1.44. The van der Waals surface area contributed by atoms with Gasteiger partial charge in [0.05, 0.1) is 12.3 Å². The van der Waals surface area contributed by atoms with Gasteiger partial charge in [-0.2, -0.15) is 0 Å². The maximum absolute atomic E-state index is 5.84. The lowest BCUT2D eigenvalue weighted by atomic mass is 10.1. The molecule has 0 radical (unpaired) electrons. The first-order chi connectivity index (χ1) is 11.4. The van der Waals surface area contributed by atoms with Crippen LogP contribution in [0.25, 0.3) is 16.8 Å². The highest BCUT2D eigenvalue weighted by molar-refractivity contribution is 5.63. The Bertz CT molecular complexity index is 776. The number of hydrogen-bond acceptors (Lipinski definition) is 4. The smallest absolute Gasteiger partial charge is 0.156 e. The fourth-order valence-corrected chi connectivity index (χ4v) is 2.84. The van der Waals surface area contributed by atoms with Crippen molar-refractivity contribution in [2.24, 2.45) is 0 Å². The molecule has 1 aliphatic rings. The van der Waals surface area contributed by atoms with Crippen LogP contribution in [0.15, 0.2) is 49.2 Å². The average Bonchev–Trinajstić information content (AvgIpc) is 3.09. The molecule has 23 heavy (non-hydrogen) atoms. The molecule has 1 atom stereocenters. The number of benzene rings is 1. The maximum atomic E-state index is 5.84. The van der Waals surface area contributed by atoms with Gasteiger partial charge in [0.15, 0.2) is 5.65 Å². The third-order valence-corrected chi connectivity index (χ3v) is 4.16. The number of fused-ring (bicyclic) bond motifs is 1. The van der Waals surface area contributed by atoms with Crippen LogP contribution in [0.5, 0.6) is 5.75 Å². The van der Waals surface area contributed by atoms with Crippen molar-refractivity contribution in [3.63, 3.8) is 0 Å². The Labute approximate surface area is 134 Å². The number of nitrogens with zero attached hydrogens (tertiary/aromatic N) is 3. The molecule has 3 aromatic rings. The largest absolute Gasteiger partial charge is 0.491 e. The van der Waals surface area contributed by atoms with E-state index in [1.807, 2.05) is 28.9 Å². The van der Waals surface area contributed by atoms with Gasteiger partial charge in [0, 0.05) is 24.6 Å². The minimum absolute atomic E-state index is 0.233. The molecule has 1 saturated heterocycles. The van der Waals surface area contributed by atoms with Gasteiger partial charge < -0.3 is 9.47 Å². The Morgan fingerprint density at radius 1 is 1.13 bits per heavy atom. The van der Waals surface area contributed by atoms with Gasteiger partial charge in [-0.1, -0.05) is 12.1 Å². The number of aromatic nitrogens is 3. The van der Waals surface area contributed by atoms with Crippen molar-refractivity contribution in [3.05, 3.63) is 49.2 Å². The van der Waals surface area contributed by atoms with E-state index in [-0.39, 0.29) is 6.10 Å². The Morgan fingerprint density at radius 3 is 2.87 bits per heavy atom. The van der Waals surface area contributed by atoms with Crippen LogP contribution in [0.4, 0.5) is 0 Å². The highest BCUT2D eigenvalue weighted by Gasteiger charge is 2.14. The van der Waals surface area contributed by atoms with Gasteiger partial charge in [-0.25, -0.2) is 9.97 Å². The Kier molecular flexibility index (Phi) is 3.94. The quantitative estimate of drug-likeness (QED) is 0.741. The van der Waals surface area contributed by atoms with E-state index in [0.717, 1.165) is 35.6 Å². The van der Waals surface area contributed by atoms with Gasteiger partial charge in [-0.3, -0.25) is 4.40 Å². The van der Waals surface area contributed by atoms with Gasteiger partial charge in [0.1, 0.15) is 18.7 Å². The van der Waals surface area contributed by atoms with Crippen molar-refractivity contribution in [1.82, 2.24) is 14.4 Å². The van der Waals surface area contributed by atoms with Crippen LogP contribution in [-0.2, 0) is 4.74 Å². The molecular formula is C18H19N3O2. The highest BCUT2D eigenvalue weighted by Crippen LogP contribution is 2.23. The number of hydrogen-bond donors (Lipinski definition) is 0. The van der Waals surface area contributed by atoms with Crippen LogP contribution in [0.2, 0.25) is 0 Å². The van der Waals surface area contributed by atoms with Crippen molar-refractivity contribution < 1.29 is 9.47 Å². The lowest BCUT2D eigenvalue weighted by molar-refractivity contribution is -0.0110. The summed E-state index contributed by atoms with van der Waals surface area (Å²) >= 11 is 0. The van der Waals surface area contributed by atoms with Crippen LogP contribution < -0.4 is 4.74 Å². The zero-order valence-corrected chi connectivity index (χ0v) is 12.9. The third kappa shape index (κ3) is 3.19. The molecule has 5 heteroatoms. The molecule has 1 fully saturated rings. The molecule has 118 valence electrons. The molecular weight excluding hydrogens is 290 g/mol. The van der Waals surface area contributed by atoms with Crippen molar-refractivity contribution >= 4 is 5.65 Å². The first-order valence-corrected chi connectivity index (χ1v) is 8.01. The van der Waals surface area contributed by atoms with E-state index in [0.29, 0.717) is 6.61 Å². The summed E-state index contributed by atoms with van der Waals surface area (Å²) < 4.78 is 13.4. The molecule has 1 aliphatic heterocycles. The van der Waals surface area contributed by atoms with Crippen molar-refractivity contribution in [2.45, 2.75) is 25.4 Å². The highest BCUT2D eigenvalue weighted by atomic mass is 16.5. The van der Waals surface area contributed by atoms with E-state index in [2.05, 4.69) is 22.1 Å². The molecule has 2 aromatic heterocycles. The second kappa shape index (κ2) is 6.38. The molecule has 0 bridgehead atoms. The molecule has 3 heterocycles. The van der Waals surface area contributed by atoms with Gasteiger partial charge in [-0.15, -0.1) is 0 Å². The lowest BCUT2D eigenvalue weighted by Gasteiger charge is -2.22. The predicted octanol–water partition coefficient (Wildman–Crippen LogP) is 3.34. The summed E-state index contributed by atoms with van der Waals surface area (Å²) in [5.74, 6) is 0.875. The summed E-state index contributed by atoms with van der Waals surface area (Å²) in [4.78, 5) is 8.48. The summed E-state index contributed by atoms with van der Waals surface area (Å²) in [5, 5.41) is 0. The topological polar surface area (TPSA) is 48.7 Å². The van der Waals surface area contributed by atoms with E-state index in [1.165, 1.54) is 12.8 Å². The molecule has 4 rings (SSSR count). The Hall–Kier alpha value is -2.40. The number of imidazole rings is 1. The molecule has 0 amide bonds. The molecule has 1 unspecified atom stereocenters. The second-order valence-electron chi connectivity index (χ2n) is 5.83. The predicted molar refractivity (Wildman–Crippen MR) is 87.5 cm³/mol. The molecule has 5 nitrogen and oxygen atoms in total. The monoisotopic (exact) mass is 309 g/mol. The van der Waals surface area contributed by atoms with E-state index in [9.17, 15) is 0 Å². The summed E-state index contributed by atoms with van der Waals surface area (Å²) in [5.41, 5.74) is 3.01. The first-order valence-electron chi connectivity index (χ1n) is 8.01. The molecule has 1 aromatic carbocycles. The second-order valence-corrected chi connectivity index (χ2v) is 5.83. The molecule has 0 aliphatic carbocycles. The summed E-state index contributed by atoms with van der Waals surface area (Å²) in [6, 6.07) is 8.10. The first kappa shape index (κ1) is 14.2. The van der Waals surface area contributed by atoms with E-state index in [1.54, 1.807) is 12.5 Å². The normalized spacial score (nSPS) is 18.2. The molecule has 0 spiro atoms. The standard InChI is InChI=1S/C18H19N3O2/c1-2-8-22-17(3-1)12-23-16-6-4-14(5-7-16)15-9-20-18-10-19-13-21(18)11-15/h4-7,9-11,13,17H,1-3,8,12H2. The zero-order valence-electron chi connectivity index (χ0n) is 12.9. The summed E-state index contributed by atoms with van der Waals surface area (Å²) in [7, 11) is 0. The fourth-order valence-electron chi connectivity index (χ4n) is 2.84. The minimum Gasteiger partial charge on any atom is -0.491 e. The van der Waals surface area contributed by atoms with Crippen LogP contribution in [0.1, 0.15) is 19.3 Å². The Morgan fingerprint density at radius 2 is 2.04 bits per heavy atom. The van der Waals surface area contributed by atoms with Gasteiger partial charge in [-0.05, 0) is 37.0 Å². The van der Waals surface area contributed by atoms with Crippen LogP contribution in [0, 0.1) is 0 Å². The SMILES string of the molecule is c1cc(-c2cnc3cncn3c2)ccc1OCC1CCCCO1. The summed E-state index contributed by atoms with van der Waals surface area (Å²) in [6.45, 7) is 1.48. The number of rotatable bonds is 4. The van der Waals surface area contributed by atoms with E-state index in [4.69, 9.17) is 9.47 Å².